The van der Waals surface area contributed by atoms with E-state index in [0.29, 0.717) is 6.54 Å². The number of nitrogens with zero attached hydrogens (tertiary/aromatic N) is 2. The molecule has 0 saturated carbocycles. The van der Waals surface area contributed by atoms with Crippen LogP contribution in [0, 0.1) is 12.0 Å². The SMILES string of the molecule is CC1(C)[CH]N(CO)C(=O)N(CO)C1. The predicted octanol–water partition coefficient (Wildman–Crippen LogP) is -0.188. The first-order valence-electron chi connectivity index (χ1n) is 4.13. The van der Waals surface area contributed by atoms with Gasteiger partial charge in [0.15, 0.2) is 0 Å². The van der Waals surface area contributed by atoms with Gasteiger partial charge in [0.25, 0.3) is 0 Å². The fourth-order valence-electron chi connectivity index (χ4n) is 1.47. The van der Waals surface area contributed by atoms with E-state index in [1.807, 2.05) is 13.8 Å². The summed E-state index contributed by atoms with van der Waals surface area (Å²) in [7, 11) is 0. The maximum Gasteiger partial charge on any atom is 0.324 e. The number of hydrogen-bond donors (Lipinski definition) is 2. The van der Waals surface area contributed by atoms with Crippen molar-refractivity contribution in [3.63, 3.8) is 0 Å². The summed E-state index contributed by atoms with van der Waals surface area (Å²) in [5.41, 5.74) is -0.209. The molecule has 0 aliphatic carbocycles. The van der Waals surface area contributed by atoms with Crippen molar-refractivity contribution in [3.05, 3.63) is 6.54 Å². The molecule has 0 aromatic heterocycles. The molecule has 1 radical (unpaired) electrons. The molecule has 2 N–H and O–H groups in total. The van der Waals surface area contributed by atoms with Crippen LogP contribution in [-0.4, -0.2) is 46.1 Å². The molecule has 0 unspecified atom stereocenters. The quantitative estimate of drug-likeness (QED) is 0.630. The van der Waals surface area contributed by atoms with Crippen molar-refractivity contribution in [1.82, 2.24) is 9.80 Å². The second-order valence-corrected chi connectivity index (χ2v) is 3.85. The minimum Gasteiger partial charge on any atom is -0.376 e. The molecule has 1 saturated heterocycles. The Morgan fingerprint density at radius 1 is 1.46 bits per heavy atom. The Kier molecular flexibility index (Phi) is 2.77. The fourth-order valence-corrected chi connectivity index (χ4v) is 1.47. The summed E-state index contributed by atoms with van der Waals surface area (Å²) in [5, 5.41) is 17.8. The highest BCUT2D eigenvalue weighted by Crippen LogP contribution is 2.28. The van der Waals surface area contributed by atoms with Crippen LogP contribution in [-0.2, 0) is 0 Å². The van der Waals surface area contributed by atoms with E-state index in [2.05, 4.69) is 0 Å². The molecular weight excluding hydrogens is 172 g/mol. The average Bonchev–Trinajstić information content (AvgIpc) is 2.08. The molecule has 75 valence electrons. The van der Waals surface area contributed by atoms with Crippen molar-refractivity contribution in [1.29, 1.82) is 0 Å². The van der Waals surface area contributed by atoms with E-state index < -0.39 is 0 Å². The Balaban J connectivity index is 2.74. The molecule has 0 aromatic rings. The van der Waals surface area contributed by atoms with Gasteiger partial charge in [-0.15, -0.1) is 0 Å². The lowest BCUT2D eigenvalue weighted by atomic mass is 9.90. The van der Waals surface area contributed by atoms with E-state index >= 15 is 0 Å². The van der Waals surface area contributed by atoms with Crippen molar-refractivity contribution in [2.24, 2.45) is 5.41 Å². The average molecular weight is 187 g/mol. The number of aliphatic hydroxyl groups is 2. The first-order valence-corrected chi connectivity index (χ1v) is 4.13. The highest BCUT2D eigenvalue weighted by Gasteiger charge is 2.36. The zero-order valence-electron chi connectivity index (χ0n) is 7.90. The zero-order valence-corrected chi connectivity index (χ0v) is 7.90. The Morgan fingerprint density at radius 2 is 2.08 bits per heavy atom. The van der Waals surface area contributed by atoms with Gasteiger partial charge >= 0.3 is 6.03 Å². The van der Waals surface area contributed by atoms with Crippen LogP contribution >= 0.6 is 0 Å². The molecule has 2 amide bonds. The summed E-state index contributed by atoms with van der Waals surface area (Å²) in [6, 6.07) is -0.357. The molecule has 0 spiro atoms. The zero-order chi connectivity index (χ0) is 10.1. The van der Waals surface area contributed by atoms with Crippen molar-refractivity contribution in [3.8, 4) is 0 Å². The second kappa shape index (κ2) is 3.51. The van der Waals surface area contributed by atoms with Crippen LogP contribution < -0.4 is 0 Å². The lowest BCUT2D eigenvalue weighted by molar-refractivity contribution is 0.0242. The molecule has 0 bridgehead atoms. The lowest BCUT2D eigenvalue weighted by Crippen LogP contribution is -2.54. The molecule has 1 fully saturated rings. The van der Waals surface area contributed by atoms with Gasteiger partial charge in [-0.1, -0.05) is 13.8 Å². The Bertz CT molecular complexity index is 188. The number of carbonyl (C=O) groups excluding carboxylic acids is 1. The summed E-state index contributed by atoms with van der Waals surface area (Å²) in [5.74, 6) is 0. The smallest absolute Gasteiger partial charge is 0.324 e. The highest BCUT2D eigenvalue weighted by molar-refractivity contribution is 5.76. The van der Waals surface area contributed by atoms with Crippen molar-refractivity contribution < 1.29 is 15.0 Å². The van der Waals surface area contributed by atoms with Crippen LogP contribution in [0.1, 0.15) is 13.8 Å². The summed E-state index contributed by atoms with van der Waals surface area (Å²) >= 11 is 0. The fraction of sp³-hybridized carbons (Fsp3) is 0.750. The van der Waals surface area contributed by atoms with Gasteiger partial charge in [0.2, 0.25) is 0 Å². The van der Waals surface area contributed by atoms with Crippen LogP contribution in [0.25, 0.3) is 0 Å². The minimum absolute atomic E-state index is 0.209. The summed E-state index contributed by atoms with van der Waals surface area (Å²) in [6.07, 6.45) is 0. The van der Waals surface area contributed by atoms with Gasteiger partial charge < -0.3 is 15.1 Å². The third-order valence-corrected chi connectivity index (χ3v) is 1.94. The van der Waals surface area contributed by atoms with Crippen LogP contribution in [0.15, 0.2) is 0 Å². The van der Waals surface area contributed by atoms with Crippen molar-refractivity contribution in [2.75, 3.05) is 20.0 Å². The molecule has 1 rings (SSSR count). The van der Waals surface area contributed by atoms with E-state index in [4.69, 9.17) is 10.2 Å². The first-order chi connectivity index (χ1) is 6.00. The van der Waals surface area contributed by atoms with Crippen LogP contribution in [0.2, 0.25) is 0 Å². The molecule has 0 aromatic carbocycles. The van der Waals surface area contributed by atoms with E-state index in [1.165, 1.54) is 9.80 Å². The molecule has 1 heterocycles. The lowest BCUT2D eigenvalue weighted by Gasteiger charge is -2.42. The third-order valence-electron chi connectivity index (χ3n) is 1.94. The molecule has 5 heteroatoms. The number of amides is 2. The summed E-state index contributed by atoms with van der Waals surface area (Å²) in [6.45, 7) is 5.36. The maximum absolute atomic E-state index is 11.4. The molecule has 13 heavy (non-hydrogen) atoms. The molecule has 5 nitrogen and oxygen atoms in total. The summed E-state index contributed by atoms with van der Waals surface area (Å²) < 4.78 is 0. The van der Waals surface area contributed by atoms with Crippen molar-refractivity contribution >= 4 is 6.03 Å². The van der Waals surface area contributed by atoms with E-state index in [1.54, 1.807) is 6.54 Å². The number of hydrogen-bond acceptors (Lipinski definition) is 3. The maximum atomic E-state index is 11.4. The largest absolute Gasteiger partial charge is 0.376 e. The van der Waals surface area contributed by atoms with Gasteiger partial charge in [-0.2, -0.15) is 0 Å². The third kappa shape index (κ3) is 2.10. The monoisotopic (exact) mass is 187 g/mol. The van der Waals surface area contributed by atoms with Gasteiger partial charge in [-0.25, -0.2) is 4.79 Å². The molecule has 1 aliphatic heterocycles. The van der Waals surface area contributed by atoms with E-state index in [9.17, 15) is 4.79 Å². The van der Waals surface area contributed by atoms with Crippen molar-refractivity contribution in [2.45, 2.75) is 13.8 Å². The number of aliphatic hydroxyl groups excluding tert-OH is 2. The Labute approximate surface area is 77.6 Å². The standard InChI is InChI=1S/C8H15N2O3/c1-8(2)3-9(5-11)7(13)10(4-8)6-12/h3,11-12H,4-6H2,1-2H3. The number of rotatable bonds is 2. The van der Waals surface area contributed by atoms with Crippen LogP contribution in [0.5, 0.6) is 0 Å². The normalized spacial score (nSPS) is 22.3. The first kappa shape index (κ1) is 10.3. The topological polar surface area (TPSA) is 64.0 Å². The predicted molar refractivity (Wildman–Crippen MR) is 46.2 cm³/mol. The number of carbonyl (C=O) groups is 1. The van der Waals surface area contributed by atoms with Gasteiger partial charge in [-0.05, 0) is 0 Å². The second-order valence-electron chi connectivity index (χ2n) is 3.85. The van der Waals surface area contributed by atoms with Gasteiger partial charge in [0.1, 0.15) is 13.5 Å². The van der Waals surface area contributed by atoms with Gasteiger partial charge in [-0.3, -0.25) is 4.90 Å². The van der Waals surface area contributed by atoms with E-state index in [-0.39, 0.29) is 24.9 Å². The van der Waals surface area contributed by atoms with Crippen LogP contribution in [0.4, 0.5) is 4.79 Å². The summed E-state index contributed by atoms with van der Waals surface area (Å²) in [4.78, 5) is 13.9. The highest BCUT2D eigenvalue weighted by atomic mass is 16.3. The van der Waals surface area contributed by atoms with E-state index in [0.717, 1.165) is 0 Å². The van der Waals surface area contributed by atoms with Gasteiger partial charge in [0, 0.05) is 12.0 Å². The van der Waals surface area contributed by atoms with Crippen LogP contribution in [0.3, 0.4) is 0 Å². The number of urea groups is 1. The molecule has 0 atom stereocenters. The molecular formula is C8H15N2O3. The minimum atomic E-state index is -0.357. The van der Waals surface area contributed by atoms with Gasteiger partial charge in [0.05, 0.1) is 6.54 Å². The Hall–Kier alpha value is -0.810. The molecule has 1 aliphatic rings. The Morgan fingerprint density at radius 3 is 2.54 bits per heavy atom.